The van der Waals surface area contributed by atoms with Crippen LogP contribution in [0, 0.1) is 0 Å². The maximum Gasteiger partial charge on any atom is 0.331 e. The quantitative estimate of drug-likeness (QED) is 0.805. The lowest BCUT2D eigenvalue weighted by Gasteiger charge is -2.21. The molecule has 0 aromatic heterocycles. The van der Waals surface area contributed by atoms with Gasteiger partial charge in [0.2, 0.25) is 5.91 Å². The van der Waals surface area contributed by atoms with E-state index in [2.05, 4.69) is 5.32 Å². The van der Waals surface area contributed by atoms with Crippen LogP contribution in [-0.2, 0) is 9.59 Å². The number of amides is 1. The third-order valence-electron chi connectivity index (χ3n) is 2.65. The number of fused-ring (bicyclic) bond motifs is 1. The van der Waals surface area contributed by atoms with Crippen molar-refractivity contribution in [3.05, 3.63) is 29.3 Å². The van der Waals surface area contributed by atoms with Crippen molar-refractivity contribution in [2.45, 2.75) is 24.0 Å². The summed E-state index contributed by atoms with van der Waals surface area (Å²) in [5.41, 5.74) is 1.78. The van der Waals surface area contributed by atoms with E-state index in [1.807, 2.05) is 19.1 Å². The van der Waals surface area contributed by atoms with E-state index in [4.69, 9.17) is 5.11 Å². The van der Waals surface area contributed by atoms with Crippen molar-refractivity contribution < 1.29 is 14.7 Å². The summed E-state index contributed by atoms with van der Waals surface area (Å²) < 4.78 is 0. The predicted molar refractivity (Wildman–Crippen MR) is 71.7 cm³/mol. The molecule has 4 nitrogen and oxygen atoms in total. The van der Waals surface area contributed by atoms with Gasteiger partial charge in [-0.1, -0.05) is 6.07 Å². The molecular formula is C13H13NO3S. The summed E-state index contributed by atoms with van der Waals surface area (Å²) in [5, 5.41) is 11.5. The molecule has 1 heterocycles. The van der Waals surface area contributed by atoms with Crippen LogP contribution < -0.4 is 5.32 Å². The van der Waals surface area contributed by atoms with Crippen molar-refractivity contribution in [3.8, 4) is 0 Å². The molecule has 1 aromatic carbocycles. The summed E-state index contributed by atoms with van der Waals surface area (Å²) in [6.45, 7) is 3.39. The third kappa shape index (κ3) is 2.56. The van der Waals surface area contributed by atoms with Gasteiger partial charge in [0, 0.05) is 10.5 Å². The van der Waals surface area contributed by atoms with E-state index in [1.165, 1.54) is 18.7 Å². The largest absolute Gasteiger partial charge is 0.478 e. The normalized spacial score (nSPS) is 19.1. The number of benzene rings is 1. The zero-order valence-corrected chi connectivity index (χ0v) is 10.9. The van der Waals surface area contributed by atoms with Gasteiger partial charge in [-0.2, -0.15) is 0 Å². The number of rotatable bonds is 2. The van der Waals surface area contributed by atoms with E-state index >= 15 is 0 Å². The molecule has 0 fully saturated rings. The van der Waals surface area contributed by atoms with Crippen molar-refractivity contribution >= 4 is 35.4 Å². The highest BCUT2D eigenvalue weighted by molar-refractivity contribution is 8.00. The van der Waals surface area contributed by atoms with Gasteiger partial charge in [-0.15, -0.1) is 11.8 Å². The molecular weight excluding hydrogens is 250 g/mol. The molecule has 18 heavy (non-hydrogen) atoms. The molecule has 0 saturated carbocycles. The van der Waals surface area contributed by atoms with Gasteiger partial charge in [-0.05, 0) is 37.6 Å². The number of carboxylic acids is 1. The molecule has 1 aliphatic heterocycles. The zero-order chi connectivity index (χ0) is 13.3. The molecule has 2 N–H and O–H groups in total. The molecule has 2 rings (SSSR count). The van der Waals surface area contributed by atoms with E-state index in [0.717, 1.165) is 16.1 Å². The summed E-state index contributed by atoms with van der Waals surface area (Å²) >= 11 is 1.50. The zero-order valence-electron chi connectivity index (χ0n) is 10.1. The number of thioether (sulfide) groups is 1. The average Bonchev–Trinajstić information content (AvgIpc) is 2.31. The van der Waals surface area contributed by atoms with Gasteiger partial charge in [0.05, 0.1) is 10.9 Å². The Balaban J connectivity index is 2.34. The summed E-state index contributed by atoms with van der Waals surface area (Å²) in [6, 6.07) is 5.54. The van der Waals surface area contributed by atoms with Crippen LogP contribution >= 0.6 is 11.8 Å². The summed E-state index contributed by atoms with van der Waals surface area (Å²) in [4.78, 5) is 23.3. The van der Waals surface area contributed by atoms with Crippen molar-refractivity contribution in [2.75, 3.05) is 5.32 Å². The van der Waals surface area contributed by atoms with Gasteiger partial charge in [-0.3, -0.25) is 4.79 Å². The molecule has 0 spiro atoms. The van der Waals surface area contributed by atoms with Crippen molar-refractivity contribution in [3.63, 3.8) is 0 Å². The van der Waals surface area contributed by atoms with Crippen molar-refractivity contribution in [2.24, 2.45) is 0 Å². The number of nitrogens with one attached hydrogen (secondary N) is 1. The second-order valence-electron chi connectivity index (χ2n) is 4.14. The lowest BCUT2D eigenvalue weighted by molar-refractivity contribution is -0.132. The first-order valence-corrected chi connectivity index (χ1v) is 6.38. The van der Waals surface area contributed by atoms with Gasteiger partial charge in [-0.25, -0.2) is 4.79 Å². The van der Waals surface area contributed by atoms with Crippen LogP contribution in [0.25, 0.3) is 6.08 Å². The Bertz CT molecular complexity index is 551. The van der Waals surface area contributed by atoms with Gasteiger partial charge in [0.25, 0.3) is 0 Å². The van der Waals surface area contributed by atoms with E-state index in [-0.39, 0.29) is 16.7 Å². The summed E-state index contributed by atoms with van der Waals surface area (Å²) in [7, 11) is 0. The second kappa shape index (κ2) is 4.86. The van der Waals surface area contributed by atoms with Crippen LogP contribution in [0.2, 0.25) is 0 Å². The van der Waals surface area contributed by atoms with E-state index in [9.17, 15) is 9.59 Å². The van der Waals surface area contributed by atoms with Crippen LogP contribution in [0.3, 0.4) is 0 Å². The number of hydrogen-bond acceptors (Lipinski definition) is 3. The fourth-order valence-electron chi connectivity index (χ4n) is 1.63. The smallest absolute Gasteiger partial charge is 0.331 e. The third-order valence-corrected chi connectivity index (χ3v) is 3.83. The van der Waals surface area contributed by atoms with E-state index in [1.54, 1.807) is 12.1 Å². The highest BCUT2D eigenvalue weighted by atomic mass is 32.2. The fraction of sp³-hybridized carbons (Fsp3) is 0.231. The fourth-order valence-corrected chi connectivity index (χ4v) is 2.56. The maximum absolute atomic E-state index is 11.6. The minimum absolute atomic E-state index is 0.0245. The van der Waals surface area contributed by atoms with Gasteiger partial charge in [0.15, 0.2) is 0 Å². The number of hydrogen-bond donors (Lipinski definition) is 2. The van der Waals surface area contributed by atoms with Crippen molar-refractivity contribution in [1.29, 1.82) is 0 Å². The molecule has 1 amide bonds. The molecule has 0 saturated heterocycles. The van der Waals surface area contributed by atoms with Crippen molar-refractivity contribution in [1.82, 2.24) is 0 Å². The number of carboxylic acid groups (broad SMARTS) is 1. The highest BCUT2D eigenvalue weighted by Crippen LogP contribution is 2.36. The Kier molecular flexibility index (Phi) is 3.43. The Morgan fingerprint density at radius 2 is 2.22 bits per heavy atom. The first-order valence-electron chi connectivity index (χ1n) is 5.50. The molecule has 0 aliphatic carbocycles. The van der Waals surface area contributed by atoms with Crippen LogP contribution in [-0.4, -0.2) is 22.2 Å². The number of carbonyl (C=O) groups is 2. The van der Waals surface area contributed by atoms with Gasteiger partial charge in [0.1, 0.15) is 0 Å². The van der Waals surface area contributed by atoms with Crippen LogP contribution in [0.5, 0.6) is 0 Å². The molecule has 5 heteroatoms. The highest BCUT2D eigenvalue weighted by Gasteiger charge is 2.22. The molecule has 1 atom stereocenters. The maximum atomic E-state index is 11.6. The lowest BCUT2D eigenvalue weighted by atomic mass is 10.1. The Hall–Kier alpha value is -1.75. The standard InChI is InChI=1S/C13H13NO3S/c1-7(13(16)17)5-9-3-4-11-10(6-9)14-12(15)8(2)18-11/h3-6,8H,1-2H3,(H,14,15)(H,16,17)/b7-5+. The lowest BCUT2D eigenvalue weighted by Crippen LogP contribution is -2.26. The minimum atomic E-state index is -0.945. The topological polar surface area (TPSA) is 66.4 Å². The van der Waals surface area contributed by atoms with E-state index < -0.39 is 5.97 Å². The number of aliphatic carboxylic acids is 1. The molecule has 1 aliphatic rings. The van der Waals surface area contributed by atoms with Gasteiger partial charge >= 0.3 is 5.97 Å². The van der Waals surface area contributed by atoms with E-state index in [0.29, 0.717) is 0 Å². The molecule has 1 unspecified atom stereocenters. The monoisotopic (exact) mass is 263 g/mol. The van der Waals surface area contributed by atoms with Crippen LogP contribution in [0.4, 0.5) is 5.69 Å². The Labute approximate surface area is 109 Å². The minimum Gasteiger partial charge on any atom is -0.478 e. The molecule has 0 radical (unpaired) electrons. The van der Waals surface area contributed by atoms with Gasteiger partial charge < -0.3 is 10.4 Å². The van der Waals surface area contributed by atoms with Crippen LogP contribution in [0.15, 0.2) is 28.7 Å². The molecule has 0 bridgehead atoms. The second-order valence-corrected chi connectivity index (χ2v) is 5.52. The Morgan fingerprint density at radius 3 is 2.89 bits per heavy atom. The summed E-state index contributed by atoms with van der Waals surface area (Å²) in [5.74, 6) is -0.969. The predicted octanol–water partition coefficient (Wildman–Crippen LogP) is 2.61. The molecule has 1 aromatic rings. The first-order chi connectivity index (χ1) is 8.47. The Morgan fingerprint density at radius 1 is 1.50 bits per heavy atom. The first kappa shape index (κ1) is 12.7. The van der Waals surface area contributed by atoms with Crippen LogP contribution in [0.1, 0.15) is 19.4 Å². The average molecular weight is 263 g/mol. The molecule has 94 valence electrons. The number of anilines is 1. The number of carbonyl (C=O) groups excluding carboxylic acids is 1. The SMILES string of the molecule is C/C(=C\c1ccc2c(c1)NC(=O)C(C)S2)C(=O)O. The summed E-state index contributed by atoms with van der Waals surface area (Å²) in [6.07, 6.45) is 1.58.